The second-order valence-electron chi connectivity index (χ2n) is 2.95. The van der Waals surface area contributed by atoms with E-state index in [1.54, 1.807) is 0 Å². The van der Waals surface area contributed by atoms with Gasteiger partial charge in [-0.25, -0.2) is 0 Å². The molecule has 2 amide bonds. The fourth-order valence-corrected chi connectivity index (χ4v) is 1.13. The highest BCUT2D eigenvalue weighted by atomic mass is 16.2. The van der Waals surface area contributed by atoms with Crippen molar-refractivity contribution >= 4 is 17.6 Å². The van der Waals surface area contributed by atoms with Crippen LogP contribution in [0.15, 0.2) is 12.7 Å². The van der Waals surface area contributed by atoms with Crippen LogP contribution in [0.2, 0.25) is 0 Å². The van der Waals surface area contributed by atoms with E-state index < -0.39 is 23.0 Å². The van der Waals surface area contributed by atoms with Gasteiger partial charge < -0.3 is 0 Å². The molecular weight excluding hydrogens is 158 g/mol. The van der Waals surface area contributed by atoms with Gasteiger partial charge in [-0.15, -0.1) is 0 Å². The molecule has 1 heterocycles. The van der Waals surface area contributed by atoms with Crippen LogP contribution in [0, 0.1) is 5.41 Å². The zero-order valence-corrected chi connectivity index (χ0v) is 6.72. The van der Waals surface area contributed by atoms with E-state index in [1.165, 1.54) is 6.92 Å². The van der Waals surface area contributed by atoms with E-state index in [9.17, 15) is 14.4 Å². The lowest BCUT2D eigenvalue weighted by atomic mass is 9.84. The van der Waals surface area contributed by atoms with E-state index in [1.807, 2.05) is 0 Å². The monoisotopic (exact) mass is 167 g/mol. The molecule has 1 aliphatic rings. The van der Waals surface area contributed by atoms with Crippen molar-refractivity contribution in [2.75, 3.05) is 0 Å². The number of nitrogens with one attached hydrogen (secondary N) is 1. The highest BCUT2D eigenvalue weighted by Gasteiger charge is 2.47. The quantitative estimate of drug-likeness (QED) is 0.352. The summed E-state index contributed by atoms with van der Waals surface area (Å²) in [5.41, 5.74) is -1.22. The molecule has 1 atom stereocenters. The number of allylic oxidation sites excluding steroid dienone is 1. The summed E-state index contributed by atoms with van der Waals surface area (Å²) in [4.78, 5) is 33.0. The molecule has 0 bridgehead atoms. The van der Waals surface area contributed by atoms with E-state index in [2.05, 4.69) is 11.9 Å². The first-order chi connectivity index (χ1) is 5.50. The summed E-state index contributed by atoms with van der Waals surface area (Å²) in [5, 5.41) is 2.08. The predicted octanol–water partition coefficient (Wildman–Crippen LogP) is -0.206. The average molecular weight is 167 g/mol. The van der Waals surface area contributed by atoms with E-state index in [0.717, 1.165) is 6.08 Å². The molecular formula is C8H9NO3. The molecule has 1 saturated heterocycles. The van der Waals surface area contributed by atoms with Crippen LogP contribution in [0.25, 0.3) is 0 Å². The lowest BCUT2D eigenvalue weighted by Gasteiger charge is -2.14. The Bertz CT molecular complexity index is 282. The van der Waals surface area contributed by atoms with Crippen molar-refractivity contribution in [1.82, 2.24) is 5.32 Å². The van der Waals surface area contributed by atoms with Gasteiger partial charge in [0.2, 0.25) is 11.8 Å². The summed E-state index contributed by atoms with van der Waals surface area (Å²) in [5.74, 6) is -1.35. The largest absolute Gasteiger partial charge is 0.296 e. The van der Waals surface area contributed by atoms with Gasteiger partial charge >= 0.3 is 0 Å². The lowest BCUT2D eigenvalue weighted by Crippen LogP contribution is -2.34. The molecule has 1 fully saturated rings. The molecule has 0 aliphatic carbocycles. The summed E-state index contributed by atoms with van der Waals surface area (Å²) in [6.07, 6.45) is 0.995. The minimum atomic E-state index is -1.22. The maximum atomic E-state index is 11.2. The number of rotatable bonds is 2. The molecule has 1 N–H and O–H groups in total. The van der Waals surface area contributed by atoms with Crippen LogP contribution in [0.5, 0.6) is 0 Å². The van der Waals surface area contributed by atoms with Gasteiger partial charge in [0.05, 0.1) is 0 Å². The fraction of sp³-hybridized carbons (Fsp3) is 0.375. The maximum Gasteiger partial charge on any atom is 0.240 e. The number of ketones is 1. The third-order valence-electron chi connectivity index (χ3n) is 2.00. The van der Waals surface area contributed by atoms with Gasteiger partial charge in [0.25, 0.3) is 0 Å². The Morgan fingerprint density at radius 3 is 2.58 bits per heavy atom. The van der Waals surface area contributed by atoms with Crippen molar-refractivity contribution < 1.29 is 14.4 Å². The minimum Gasteiger partial charge on any atom is -0.296 e. The molecule has 0 aromatic carbocycles. The van der Waals surface area contributed by atoms with E-state index in [-0.39, 0.29) is 6.42 Å². The molecule has 1 aliphatic heterocycles. The molecule has 0 saturated carbocycles. The van der Waals surface area contributed by atoms with E-state index >= 15 is 0 Å². The standard InChI is InChI=1S/C8H9NO3/c1-3-5(10)8(2)4-6(11)9-7(8)12/h3H,1,4H2,2H3,(H,9,11,12). The zero-order valence-electron chi connectivity index (χ0n) is 6.72. The molecule has 12 heavy (non-hydrogen) atoms. The Labute approximate surface area is 69.6 Å². The van der Waals surface area contributed by atoms with Crippen molar-refractivity contribution in [3.63, 3.8) is 0 Å². The van der Waals surface area contributed by atoms with Crippen LogP contribution < -0.4 is 5.32 Å². The molecule has 0 radical (unpaired) electrons. The molecule has 0 aromatic rings. The molecule has 64 valence electrons. The van der Waals surface area contributed by atoms with Gasteiger partial charge in [0.15, 0.2) is 5.78 Å². The van der Waals surface area contributed by atoms with Crippen molar-refractivity contribution in [2.45, 2.75) is 13.3 Å². The number of carbonyl (C=O) groups is 3. The van der Waals surface area contributed by atoms with Crippen molar-refractivity contribution in [3.05, 3.63) is 12.7 Å². The van der Waals surface area contributed by atoms with Gasteiger partial charge in [0.1, 0.15) is 5.41 Å². The van der Waals surface area contributed by atoms with Crippen LogP contribution in [-0.4, -0.2) is 17.6 Å². The Balaban J connectivity index is 2.99. The first-order valence-electron chi connectivity index (χ1n) is 3.52. The Kier molecular flexibility index (Phi) is 1.84. The van der Waals surface area contributed by atoms with E-state index in [0.29, 0.717) is 0 Å². The number of hydrogen-bond acceptors (Lipinski definition) is 3. The highest BCUT2D eigenvalue weighted by molar-refractivity contribution is 6.20. The highest BCUT2D eigenvalue weighted by Crippen LogP contribution is 2.27. The molecule has 1 rings (SSSR count). The molecule has 0 spiro atoms. The third-order valence-corrected chi connectivity index (χ3v) is 2.00. The summed E-state index contributed by atoms with van der Waals surface area (Å²) in [6.45, 7) is 4.71. The maximum absolute atomic E-state index is 11.2. The predicted molar refractivity (Wildman–Crippen MR) is 41.1 cm³/mol. The Morgan fingerprint density at radius 1 is 1.67 bits per heavy atom. The first kappa shape index (κ1) is 8.64. The summed E-state index contributed by atoms with van der Waals surface area (Å²) in [6, 6.07) is 0. The van der Waals surface area contributed by atoms with Crippen LogP contribution in [0.4, 0.5) is 0 Å². The van der Waals surface area contributed by atoms with Gasteiger partial charge in [0, 0.05) is 6.42 Å². The summed E-state index contributed by atoms with van der Waals surface area (Å²) >= 11 is 0. The molecule has 0 aromatic heterocycles. The SMILES string of the molecule is C=CC(=O)C1(C)CC(=O)NC1=O. The molecule has 1 unspecified atom stereocenters. The summed E-state index contributed by atoms with van der Waals surface area (Å²) in [7, 11) is 0. The Hall–Kier alpha value is -1.45. The summed E-state index contributed by atoms with van der Waals surface area (Å²) < 4.78 is 0. The third kappa shape index (κ3) is 1.05. The van der Waals surface area contributed by atoms with Crippen molar-refractivity contribution in [3.8, 4) is 0 Å². The number of hydrogen-bond donors (Lipinski definition) is 1. The lowest BCUT2D eigenvalue weighted by molar-refractivity contribution is -0.135. The fourth-order valence-electron chi connectivity index (χ4n) is 1.13. The van der Waals surface area contributed by atoms with Crippen LogP contribution in [-0.2, 0) is 14.4 Å². The zero-order chi connectivity index (χ0) is 9.35. The van der Waals surface area contributed by atoms with Crippen molar-refractivity contribution in [2.24, 2.45) is 5.41 Å². The van der Waals surface area contributed by atoms with Crippen LogP contribution in [0.3, 0.4) is 0 Å². The number of carbonyl (C=O) groups excluding carboxylic acids is 3. The second-order valence-corrected chi connectivity index (χ2v) is 2.95. The van der Waals surface area contributed by atoms with Crippen LogP contribution in [0.1, 0.15) is 13.3 Å². The normalized spacial score (nSPS) is 28.4. The Morgan fingerprint density at radius 2 is 2.25 bits per heavy atom. The molecule has 4 nitrogen and oxygen atoms in total. The van der Waals surface area contributed by atoms with Gasteiger partial charge in [-0.1, -0.05) is 6.58 Å². The van der Waals surface area contributed by atoms with Gasteiger partial charge in [-0.2, -0.15) is 0 Å². The van der Waals surface area contributed by atoms with Gasteiger partial charge in [-0.05, 0) is 13.0 Å². The first-order valence-corrected chi connectivity index (χ1v) is 3.52. The van der Waals surface area contributed by atoms with E-state index in [4.69, 9.17) is 0 Å². The van der Waals surface area contributed by atoms with Gasteiger partial charge in [-0.3, -0.25) is 19.7 Å². The topological polar surface area (TPSA) is 63.2 Å². The second kappa shape index (κ2) is 2.55. The number of amides is 2. The minimum absolute atomic E-state index is 0.0727. The van der Waals surface area contributed by atoms with Crippen molar-refractivity contribution in [1.29, 1.82) is 0 Å². The average Bonchev–Trinajstić information content (AvgIpc) is 2.26. The van der Waals surface area contributed by atoms with Crippen LogP contribution >= 0.6 is 0 Å². The smallest absolute Gasteiger partial charge is 0.240 e. The number of imide groups is 1. The molecule has 4 heteroatoms.